The third-order valence-electron chi connectivity index (χ3n) is 4.29. The van der Waals surface area contributed by atoms with E-state index in [-0.39, 0.29) is 0 Å². The summed E-state index contributed by atoms with van der Waals surface area (Å²) in [4.78, 5) is 42.4. The van der Waals surface area contributed by atoms with E-state index in [2.05, 4.69) is 0 Å². The average molecular weight is 368 g/mol. The molecule has 0 atom stereocenters. The van der Waals surface area contributed by atoms with Gasteiger partial charge in [-0.25, -0.2) is 0 Å². The fraction of sp³-hybridized carbons (Fsp3) is 0.500. The summed E-state index contributed by atoms with van der Waals surface area (Å²) in [5.74, 6) is -0.806. The first-order valence-electron chi connectivity index (χ1n) is 7.72. The number of carbonyl (C=O) groups is 1. The summed E-state index contributed by atoms with van der Waals surface area (Å²) < 4.78 is 5.01. The Balaban J connectivity index is 2.35. The lowest BCUT2D eigenvalue weighted by Gasteiger charge is -2.30. The predicted octanol–water partition coefficient (Wildman–Crippen LogP) is 2.12. The Morgan fingerprint density at radius 3 is 1.92 bits per heavy atom. The number of nitro benzene ring substituents is 3. The van der Waals surface area contributed by atoms with E-state index in [1.165, 1.54) is 0 Å². The molecule has 0 aromatic heterocycles. The zero-order valence-electron chi connectivity index (χ0n) is 13.6. The number of nitrogens with zero attached hydrogens (tertiary/aromatic N) is 3. The van der Waals surface area contributed by atoms with Gasteiger partial charge in [-0.15, -0.1) is 0 Å². The van der Waals surface area contributed by atoms with E-state index in [1.807, 2.05) is 0 Å². The molecule has 0 aliphatic heterocycles. The molecule has 0 unspecified atom stereocenters. The minimum Gasteiger partial charge on any atom is -0.459 e. The van der Waals surface area contributed by atoms with E-state index in [0.29, 0.717) is 25.0 Å². The number of non-ortho nitro benzene ring substituents is 1. The number of rotatable bonds is 6. The highest BCUT2D eigenvalue weighted by molar-refractivity contribution is 5.80. The standard InChI is InChI=1S/C14H16N4O8/c15-14(4-2-1-3-5-14)13(19)26-8-10-11(17(22)23)6-9(16(20)21)7-12(10)18(24)25/h6-7H,1-5,8,15H2. The Bertz CT molecular complexity index is 737. The van der Waals surface area contributed by atoms with Crippen molar-refractivity contribution in [1.82, 2.24) is 0 Å². The number of ether oxygens (including phenoxy) is 1. The summed E-state index contributed by atoms with van der Waals surface area (Å²) in [6.07, 6.45) is 3.14. The first-order valence-corrected chi connectivity index (χ1v) is 7.72. The Morgan fingerprint density at radius 1 is 1.00 bits per heavy atom. The third kappa shape index (κ3) is 3.91. The molecule has 1 saturated carbocycles. The van der Waals surface area contributed by atoms with Crippen molar-refractivity contribution in [1.29, 1.82) is 0 Å². The van der Waals surface area contributed by atoms with Crippen LogP contribution < -0.4 is 5.73 Å². The molecule has 2 N–H and O–H groups in total. The van der Waals surface area contributed by atoms with Gasteiger partial charge in [0.25, 0.3) is 17.1 Å². The second-order valence-corrected chi connectivity index (χ2v) is 6.03. The van der Waals surface area contributed by atoms with Crippen LogP contribution in [0.2, 0.25) is 0 Å². The van der Waals surface area contributed by atoms with Crippen molar-refractivity contribution < 1.29 is 24.3 Å². The number of esters is 1. The monoisotopic (exact) mass is 368 g/mol. The number of carbonyl (C=O) groups excluding carboxylic acids is 1. The molecule has 0 spiro atoms. The fourth-order valence-electron chi connectivity index (χ4n) is 2.87. The highest BCUT2D eigenvalue weighted by Crippen LogP contribution is 2.35. The minimum absolute atomic E-state index is 0.385. The van der Waals surface area contributed by atoms with Crippen molar-refractivity contribution in [3.8, 4) is 0 Å². The SMILES string of the molecule is NC1(C(=O)OCc2c([N+](=O)[O-])cc([N+](=O)[O-])cc2[N+](=O)[O-])CCCCC1. The molecule has 1 aliphatic carbocycles. The van der Waals surface area contributed by atoms with Crippen molar-refractivity contribution in [2.45, 2.75) is 44.2 Å². The molecule has 26 heavy (non-hydrogen) atoms. The largest absolute Gasteiger partial charge is 0.459 e. The molecule has 0 radical (unpaired) electrons. The Labute approximate surface area is 146 Å². The highest BCUT2D eigenvalue weighted by Gasteiger charge is 2.38. The van der Waals surface area contributed by atoms with Gasteiger partial charge in [-0.2, -0.15) is 0 Å². The quantitative estimate of drug-likeness (QED) is 0.446. The van der Waals surface area contributed by atoms with Crippen molar-refractivity contribution in [2.75, 3.05) is 0 Å². The van der Waals surface area contributed by atoms with Gasteiger partial charge in [0, 0.05) is 0 Å². The zero-order valence-corrected chi connectivity index (χ0v) is 13.6. The van der Waals surface area contributed by atoms with Crippen LogP contribution in [0.15, 0.2) is 12.1 Å². The molecule has 0 heterocycles. The van der Waals surface area contributed by atoms with Gasteiger partial charge in [0.1, 0.15) is 17.7 Å². The number of hydrogen-bond donors (Lipinski definition) is 1. The maximum Gasteiger partial charge on any atom is 0.326 e. The summed E-state index contributed by atoms with van der Waals surface area (Å²) in [6.45, 7) is -0.775. The molecule has 1 fully saturated rings. The van der Waals surface area contributed by atoms with Crippen LogP contribution in [0.3, 0.4) is 0 Å². The van der Waals surface area contributed by atoms with Crippen LogP contribution in [-0.2, 0) is 16.1 Å². The van der Waals surface area contributed by atoms with E-state index >= 15 is 0 Å². The number of hydrogen-bond acceptors (Lipinski definition) is 9. The lowest BCUT2D eigenvalue weighted by molar-refractivity contribution is -0.404. The summed E-state index contributed by atoms with van der Waals surface area (Å²) in [5, 5.41) is 33.2. The van der Waals surface area contributed by atoms with Crippen LogP contribution in [0.4, 0.5) is 17.1 Å². The van der Waals surface area contributed by atoms with Crippen LogP contribution >= 0.6 is 0 Å². The second-order valence-electron chi connectivity index (χ2n) is 6.03. The zero-order chi connectivity index (χ0) is 19.5. The Kier molecular flexibility index (Phi) is 5.45. The maximum atomic E-state index is 12.2. The molecule has 1 aromatic rings. The lowest BCUT2D eigenvalue weighted by atomic mass is 9.83. The fourth-order valence-corrected chi connectivity index (χ4v) is 2.87. The molecule has 0 saturated heterocycles. The summed E-state index contributed by atoms with van der Waals surface area (Å²) >= 11 is 0. The smallest absolute Gasteiger partial charge is 0.326 e. The highest BCUT2D eigenvalue weighted by atomic mass is 16.6. The summed E-state index contributed by atoms with van der Waals surface area (Å²) in [7, 11) is 0. The van der Waals surface area contributed by atoms with Crippen LogP contribution in [-0.4, -0.2) is 26.3 Å². The first kappa shape index (κ1) is 19.2. The van der Waals surface area contributed by atoms with E-state index in [4.69, 9.17) is 10.5 Å². The van der Waals surface area contributed by atoms with Crippen LogP contribution in [0.1, 0.15) is 37.7 Å². The first-order chi connectivity index (χ1) is 12.2. The predicted molar refractivity (Wildman–Crippen MR) is 86.2 cm³/mol. The topological polar surface area (TPSA) is 182 Å². The van der Waals surface area contributed by atoms with Gasteiger partial charge >= 0.3 is 5.97 Å². The molecule has 12 heteroatoms. The normalized spacial score (nSPS) is 15.9. The van der Waals surface area contributed by atoms with Gasteiger partial charge in [0.05, 0.1) is 26.9 Å². The van der Waals surface area contributed by atoms with Crippen LogP contribution in [0.25, 0.3) is 0 Å². The van der Waals surface area contributed by atoms with Gasteiger partial charge in [-0.05, 0) is 12.8 Å². The average Bonchev–Trinajstić information content (AvgIpc) is 2.59. The van der Waals surface area contributed by atoms with E-state index in [0.717, 1.165) is 19.3 Å². The van der Waals surface area contributed by atoms with Gasteiger partial charge < -0.3 is 10.5 Å². The Hall–Kier alpha value is -3.15. The summed E-state index contributed by atoms with van der Waals surface area (Å²) in [6, 6.07) is 1.18. The number of benzene rings is 1. The third-order valence-corrected chi connectivity index (χ3v) is 4.29. The molecule has 0 amide bonds. The van der Waals surface area contributed by atoms with Crippen LogP contribution in [0, 0.1) is 30.3 Å². The molecule has 0 bridgehead atoms. The second kappa shape index (κ2) is 7.39. The van der Waals surface area contributed by atoms with E-state index in [9.17, 15) is 35.1 Å². The number of nitrogens with two attached hydrogens (primary N) is 1. The van der Waals surface area contributed by atoms with E-state index in [1.54, 1.807) is 0 Å². The van der Waals surface area contributed by atoms with Gasteiger partial charge in [-0.1, -0.05) is 19.3 Å². The Morgan fingerprint density at radius 2 is 1.50 bits per heavy atom. The molecule has 2 rings (SSSR count). The lowest BCUT2D eigenvalue weighted by Crippen LogP contribution is -2.50. The van der Waals surface area contributed by atoms with Crippen molar-refractivity contribution in [3.05, 3.63) is 48.0 Å². The minimum atomic E-state index is -1.23. The van der Waals surface area contributed by atoms with Crippen LogP contribution in [0.5, 0.6) is 0 Å². The molecule has 140 valence electrons. The van der Waals surface area contributed by atoms with Gasteiger partial charge in [-0.3, -0.25) is 35.1 Å². The maximum absolute atomic E-state index is 12.2. The van der Waals surface area contributed by atoms with Gasteiger partial charge in [0.15, 0.2) is 0 Å². The molecule has 12 nitrogen and oxygen atoms in total. The summed E-state index contributed by atoms with van der Waals surface area (Å²) in [5.41, 5.74) is 1.69. The molecule has 1 aliphatic rings. The van der Waals surface area contributed by atoms with Crippen molar-refractivity contribution in [3.63, 3.8) is 0 Å². The van der Waals surface area contributed by atoms with E-state index < -0.39 is 55.5 Å². The molecule has 1 aromatic carbocycles. The molecular weight excluding hydrogens is 352 g/mol. The molecular formula is C14H16N4O8. The van der Waals surface area contributed by atoms with Crippen molar-refractivity contribution >= 4 is 23.0 Å². The van der Waals surface area contributed by atoms with Gasteiger partial charge in [0.2, 0.25) is 0 Å². The van der Waals surface area contributed by atoms with Crippen molar-refractivity contribution in [2.24, 2.45) is 5.73 Å². The number of nitro groups is 3.